The Labute approximate surface area is 197 Å². The molecule has 0 bridgehead atoms. The second kappa shape index (κ2) is 9.02. The van der Waals surface area contributed by atoms with Gasteiger partial charge in [-0.15, -0.1) is 0 Å². The van der Waals surface area contributed by atoms with Gasteiger partial charge in [-0.1, -0.05) is 60.3 Å². The first kappa shape index (κ1) is 21.1. The smallest absolute Gasteiger partial charge is 0.254 e. The van der Waals surface area contributed by atoms with Gasteiger partial charge in [0.15, 0.2) is 0 Å². The molecule has 5 rings (SSSR count). The number of fused-ring (bicyclic) bond motifs is 2. The van der Waals surface area contributed by atoms with Gasteiger partial charge in [0.1, 0.15) is 6.54 Å². The third kappa shape index (κ3) is 4.42. The van der Waals surface area contributed by atoms with Crippen LogP contribution < -0.4 is 10.2 Å². The first-order valence-electron chi connectivity index (χ1n) is 10.8. The third-order valence-corrected chi connectivity index (χ3v) is 7.44. The molecule has 2 aliphatic heterocycles. The Bertz CT molecular complexity index is 1170. The van der Waals surface area contributed by atoms with Crippen molar-refractivity contribution in [2.24, 2.45) is 0 Å². The van der Waals surface area contributed by atoms with Gasteiger partial charge in [-0.05, 0) is 36.4 Å². The molecule has 3 aromatic carbocycles. The highest BCUT2D eigenvalue weighted by Gasteiger charge is 2.26. The highest BCUT2D eigenvalue weighted by molar-refractivity contribution is 7.99. The second-order valence-corrected chi connectivity index (χ2v) is 9.78. The van der Waals surface area contributed by atoms with E-state index in [1.807, 2.05) is 47.4 Å². The van der Waals surface area contributed by atoms with Crippen molar-refractivity contribution in [2.75, 3.05) is 31.5 Å². The lowest BCUT2D eigenvalue weighted by atomic mass is 10.1. The first-order valence-corrected chi connectivity index (χ1v) is 12.0. The minimum Gasteiger partial charge on any atom is -0.355 e. The summed E-state index contributed by atoms with van der Waals surface area (Å²) in [6, 6.07) is 22.3. The molecule has 162 valence electrons. The number of nitrogens with one attached hydrogen (secondary N) is 2. The normalized spacial score (nSPS) is 16.0. The monoisotopic (exact) mass is 462 g/mol. The van der Waals surface area contributed by atoms with Gasteiger partial charge in [-0.25, -0.2) is 0 Å². The van der Waals surface area contributed by atoms with Crippen LogP contribution >= 0.6 is 23.4 Å². The van der Waals surface area contributed by atoms with Crippen molar-refractivity contribution in [1.82, 2.24) is 4.90 Å². The summed E-state index contributed by atoms with van der Waals surface area (Å²) >= 11 is 7.85. The number of carbonyl (C=O) groups excluding carboxylic acids is 1. The highest BCUT2D eigenvalue weighted by Crippen LogP contribution is 2.42. The summed E-state index contributed by atoms with van der Waals surface area (Å²) < 4.78 is 0. The predicted molar refractivity (Wildman–Crippen MR) is 131 cm³/mol. The summed E-state index contributed by atoms with van der Waals surface area (Å²) in [6.45, 7) is 8.67. The van der Waals surface area contributed by atoms with Crippen molar-refractivity contribution in [3.63, 3.8) is 0 Å². The lowest BCUT2D eigenvalue weighted by Gasteiger charge is -2.32. The lowest BCUT2D eigenvalue weighted by molar-refractivity contribution is -0.917. The topological polar surface area (TPSA) is 36.8 Å². The number of benzene rings is 3. The number of quaternary nitrogens is 1. The molecule has 6 heteroatoms. The van der Waals surface area contributed by atoms with E-state index in [1.54, 1.807) is 11.8 Å². The molecule has 32 heavy (non-hydrogen) atoms. The molecule has 4 nitrogen and oxygen atoms in total. The van der Waals surface area contributed by atoms with Gasteiger partial charge in [0.25, 0.3) is 5.91 Å². The highest BCUT2D eigenvalue weighted by atomic mass is 35.5. The van der Waals surface area contributed by atoms with Crippen LogP contribution in [0.4, 0.5) is 5.69 Å². The minimum absolute atomic E-state index is 0.0915. The maximum Gasteiger partial charge on any atom is 0.254 e. The number of carbonyl (C=O) groups is 1. The molecule has 1 fully saturated rings. The molecule has 1 saturated heterocycles. The largest absolute Gasteiger partial charge is 0.355 e. The number of amides is 1. The van der Waals surface area contributed by atoms with Crippen LogP contribution in [0.2, 0.25) is 5.02 Å². The Morgan fingerprint density at radius 2 is 1.78 bits per heavy atom. The lowest BCUT2D eigenvalue weighted by Crippen LogP contribution is -3.13. The van der Waals surface area contributed by atoms with Crippen molar-refractivity contribution in [1.29, 1.82) is 0 Å². The molecule has 1 amide bonds. The quantitative estimate of drug-likeness (QED) is 0.604. The van der Waals surface area contributed by atoms with Crippen LogP contribution in [0.3, 0.4) is 0 Å². The fourth-order valence-electron chi connectivity index (χ4n) is 4.30. The Hall–Kier alpha value is -2.73. The van der Waals surface area contributed by atoms with Gasteiger partial charge in [0.05, 0.1) is 31.9 Å². The zero-order valence-electron chi connectivity index (χ0n) is 17.7. The van der Waals surface area contributed by atoms with Crippen molar-refractivity contribution in [3.8, 4) is 0 Å². The van der Waals surface area contributed by atoms with Crippen LogP contribution in [-0.4, -0.2) is 37.0 Å². The zero-order chi connectivity index (χ0) is 22.1. The summed E-state index contributed by atoms with van der Waals surface area (Å²) in [5, 5.41) is 4.07. The third-order valence-electron chi connectivity index (χ3n) is 6.05. The van der Waals surface area contributed by atoms with Gasteiger partial charge >= 0.3 is 0 Å². The maximum absolute atomic E-state index is 13.2. The molecule has 0 saturated carbocycles. The van der Waals surface area contributed by atoms with Crippen molar-refractivity contribution >= 4 is 40.7 Å². The standard InChI is InChI=1S/C26H24ClN3OS/c1-18-22-16-21(27)8-10-24(22)32-25-9-7-20(15-23(25)28-18)26(31)30-13-11-29(12-14-30)17-19-5-3-2-4-6-19/h2-10,15-16,28H,1,11-14,17H2/p+1. The van der Waals surface area contributed by atoms with Crippen molar-refractivity contribution in [3.05, 3.63) is 95.0 Å². The van der Waals surface area contributed by atoms with E-state index in [4.69, 9.17) is 11.6 Å². The molecule has 0 unspecified atom stereocenters. The fourth-order valence-corrected chi connectivity index (χ4v) is 5.49. The van der Waals surface area contributed by atoms with Gasteiger partial charge in [0.2, 0.25) is 0 Å². The summed E-state index contributed by atoms with van der Waals surface area (Å²) in [7, 11) is 0. The van der Waals surface area contributed by atoms with E-state index in [2.05, 4.69) is 36.2 Å². The average Bonchev–Trinajstić information content (AvgIpc) is 2.95. The van der Waals surface area contributed by atoms with Crippen LogP contribution in [0.25, 0.3) is 5.70 Å². The maximum atomic E-state index is 13.2. The van der Waals surface area contributed by atoms with Crippen LogP contribution in [-0.2, 0) is 6.54 Å². The number of piperazine rings is 1. The summed E-state index contributed by atoms with van der Waals surface area (Å²) in [6.07, 6.45) is 0. The molecule has 2 N–H and O–H groups in total. The minimum atomic E-state index is 0.0915. The number of hydrogen-bond donors (Lipinski definition) is 2. The Kier molecular flexibility index (Phi) is 5.96. The summed E-state index contributed by atoms with van der Waals surface area (Å²) in [4.78, 5) is 18.9. The van der Waals surface area contributed by atoms with Crippen LogP contribution in [0.15, 0.2) is 83.1 Å². The molecule has 0 atom stereocenters. The molecular weight excluding hydrogens is 438 g/mol. The Balaban J connectivity index is 1.28. The Morgan fingerprint density at radius 3 is 2.56 bits per heavy atom. The van der Waals surface area contributed by atoms with E-state index in [0.29, 0.717) is 10.6 Å². The van der Waals surface area contributed by atoms with E-state index in [0.717, 1.165) is 59.5 Å². The van der Waals surface area contributed by atoms with Gasteiger partial charge in [0, 0.05) is 37.2 Å². The zero-order valence-corrected chi connectivity index (χ0v) is 19.3. The molecule has 2 heterocycles. The van der Waals surface area contributed by atoms with E-state index in [9.17, 15) is 4.79 Å². The number of rotatable bonds is 3. The number of anilines is 1. The van der Waals surface area contributed by atoms with Crippen LogP contribution in [0.5, 0.6) is 0 Å². The molecular formula is C26H25ClN3OS+. The molecule has 0 aliphatic carbocycles. The van der Waals surface area contributed by atoms with Crippen LogP contribution in [0.1, 0.15) is 21.5 Å². The van der Waals surface area contributed by atoms with Gasteiger partial charge in [-0.2, -0.15) is 0 Å². The molecule has 0 aromatic heterocycles. The summed E-state index contributed by atoms with van der Waals surface area (Å²) in [5.41, 5.74) is 4.74. The second-order valence-electron chi connectivity index (χ2n) is 8.26. The fraction of sp³-hybridized carbons (Fsp3) is 0.192. The van der Waals surface area contributed by atoms with Crippen molar-refractivity contribution < 1.29 is 9.69 Å². The number of halogens is 1. The van der Waals surface area contributed by atoms with E-state index < -0.39 is 0 Å². The molecule has 2 aliphatic rings. The Morgan fingerprint density at radius 1 is 1.03 bits per heavy atom. The van der Waals surface area contributed by atoms with E-state index >= 15 is 0 Å². The molecule has 3 aromatic rings. The van der Waals surface area contributed by atoms with Crippen molar-refractivity contribution in [2.45, 2.75) is 16.3 Å². The predicted octanol–water partition coefficient (Wildman–Crippen LogP) is 4.43. The SMILES string of the molecule is C=C1Nc2cc(C(=O)N3CC[NH+](Cc4ccccc4)CC3)ccc2Sc2ccc(Cl)cc21. The number of nitrogens with zero attached hydrogens (tertiary/aromatic N) is 1. The van der Waals surface area contributed by atoms with Gasteiger partial charge < -0.3 is 15.1 Å². The van der Waals surface area contributed by atoms with Gasteiger partial charge in [-0.3, -0.25) is 4.79 Å². The molecule has 0 radical (unpaired) electrons. The van der Waals surface area contributed by atoms with Crippen LogP contribution in [0, 0.1) is 0 Å². The van der Waals surface area contributed by atoms with E-state index in [-0.39, 0.29) is 5.91 Å². The number of hydrogen-bond acceptors (Lipinski definition) is 3. The summed E-state index contributed by atoms with van der Waals surface area (Å²) in [5.74, 6) is 0.0915. The first-order chi connectivity index (χ1) is 15.6. The molecule has 0 spiro atoms. The average molecular weight is 463 g/mol. The van der Waals surface area contributed by atoms with E-state index in [1.165, 1.54) is 10.5 Å².